The van der Waals surface area contributed by atoms with Gasteiger partial charge in [-0.15, -0.1) is 0 Å². The van der Waals surface area contributed by atoms with Gasteiger partial charge < -0.3 is 15.2 Å². The van der Waals surface area contributed by atoms with Crippen LogP contribution in [0.25, 0.3) is 0 Å². The summed E-state index contributed by atoms with van der Waals surface area (Å²) in [6, 6.07) is 5.06. The molecule has 0 aliphatic heterocycles. The molecule has 9 heteroatoms. The zero-order valence-corrected chi connectivity index (χ0v) is 25.6. The predicted molar refractivity (Wildman–Crippen MR) is 162 cm³/mol. The lowest BCUT2D eigenvalue weighted by Gasteiger charge is -2.19. The molecule has 234 valence electrons. The molecule has 2 N–H and O–H groups in total. The van der Waals surface area contributed by atoms with Gasteiger partial charge in [0.25, 0.3) is 5.69 Å². The Morgan fingerprint density at radius 3 is 2.50 bits per heavy atom. The molecule has 1 aliphatic rings. The molecule has 1 amide bonds. The number of aliphatic hydroxyl groups excluding tert-OH is 1. The Labute approximate surface area is 250 Å². The van der Waals surface area contributed by atoms with Crippen molar-refractivity contribution in [2.45, 2.75) is 123 Å². The van der Waals surface area contributed by atoms with E-state index in [1.165, 1.54) is 12.1 Å². The number of nitrogens with zero attached hydrogens (tertiary/aromatic N) is 1. The van der Waals surface area contributed by atoms with Crippen molar-refractivity contribution in [3.05, 3.63) is 52.1 Å². The highest BCUT2D eigenvalue weighted by Crippen LogP contribution is 2.34. The van der Waals surface area contributed by atoms with Crippen molar-refractivity contribution >= 4 is 23.3 Å². The molecule has 0 heterocycles. The van der Waals surface area contributed by atoms with Crippen molar-refractivity contribution in [2.24, 2.45) is 17.8 Å². The van der Waals surface area contributed by atoms with Crippen LogP contribution in [-0.2, 0) is 25.7 Å². The number of nitrogens with one attached hydrogen (secondary N) is 1. The molecule has 9 nitrogen and oxygen atoms in total. The molecule has 1 aromatic carbocycles. The molecule has 0 saturated heterocycles. The number of Topliss-reactive ketones (excluding diaryl/α,β-unsaturated/α-hetero) is 1. The summed E-state index contributed by atoms with van der Waals surface area (Å²) < 4.78 is 5.40. The fourth-order valence-electron chi connectivity index (χ4n) is 5.43. The molecule has 2 rings (SSSR count). The Bertz CT molecular complexity index is 1020. The minimum atomic E-state index is -0.751. The van der Waals surface area contributed by atoms with Crippen molar-refractivity contribution in [1.29, 1.82) is 0 Å². The van der Waals surface area contributed by atoms with Crippen LogP contribution in [0.1, 0.15) is 110 Å². The molecule has 1 fully saturated rings. The zero-order valence-electron chi connectivity index (χ0n) is 25.6. The molecular formula is C33H50N2O7. The fourth-order valence-corrected chi connectivity index (χ4v) is 5.43. The van der Waals surface area contributed by atoms with E-state index in [0.717, 1.165) is 57.8 Å². The number of hydrogen-bond acceptors (Lipinski definition) is 7. The summed E-state index contributed by atoms with van der Waals surface area (Å²) in [5, 5.41) is 23.8. The third kappa shape index (κ3) is 13.3. The highest BCUT2D eigenvalue weighted by atomic mass is 16.6. The van der Waals surface area contributed by atoms with Gasteiger partial charge in [-0.2, -0.15) is 0 Å². The molecule has 1 aliphatic carbocycles. The number of benzene rings is 1. The van der Waals surface area contributed by atoms with Crippen LogP contribution in [0.5, 0.6) is 0 Å². The largest absolute Gasteiger partial charge is 0.459 e. The molecule has 42 heavy (non-hydrogen) atoms. The number of amides is 1. The Balaban J connectivity index is 1.70. The van der Waals surface area contributed by atoms with E-state index in [4.69, 9.17) is 4.74 Å². The van der Waals surface area contributed by atoms with Crippen LogP contribution in [-0.4, -0.2) is 39.8 Å². The number of rotatable bonds is 20. The Kier molecular flexibility index (Phi) is 16.0. The Morgan fingerprint density at radius 2 is 1.83 bits per heavy atom. The van der Waals surface area contributed by atoms with E-state index in [-0.39, 0.29) is 36.0 Å². The van der Waals surface area contributed by atoms with Crippen molar-refractivity contribution < 1.29 is 29.2 Å². The van der Waals surface area contributed by atoms with Crippen molar-refractivity contribution in [3.8, 4) is 0 Å². The summed E-state index contributed by atoms with van der Waals surface area (Å²) in [5.74, 6) is 0.0170. The minimum Gasteiger partial charge on any atom is -0.459 e. The topological polar surface area (TPSA) is 136 Å². The summed E-state index contributed by atoms with van der Waals surface area (Å²) in [6.45, 7) is 6.05. The highest BCUT2D eigenvalue weighted by Gasteiger charge is 2.32. The lowest BCUT2D eigenvalue weighted by atomic mass is 9.89. The summed E-state index contributed by atoms with van der Waals surface area (Å²) in [4.78, 5) is 48.1. The van der Waals surface area contributed by atoms with Gasteiger partial charge in [0.15, 0.2) is 0 Å². The van der Waals surface area contributed by atoms with Crippen LogP contribution < -0.4 is 5.32 Å². The van der Waals surface area contributed by atoms with Crippen LogP contribution in [0.15, 0.2) is 36.4 Å². The number of nitro benzene ring substituents is 1. The van der Waals surface area contributed by atoms with Crippen LogP contribution in [0, 0.1) is 27.9 Å². The minimum absolute atomic E-state index is 0.0268. The number of allylic oxidation sites excluding steroid dienone is 1. The van der Waals surface area contributed by atoms with E-state index in [1.54, 1.807) is 12.1 Å². The normalized spacial score (nSPS) is 18.4. The predicted octanol–water partition coefficient (Wildman–Crippen LogP) is 6.60. The van der Waals surface area contributed by atoms with Crippen molar-refractivity contribution in [1.82, 2.24) is 5.32 Å². The molecule has 0 bridgehead atoms. The Morgan fingerprint density at radius 1 is 1.12 bits per heavy atom. The zero-order chi connectivity index (χ0) is 30.9. The number of non-ortho nitro benzene ring substituents is 1. The van der Waals surface area contributed by atoms with E-state index in [9.17, 15) is 29.6 Å². The van der Waals surface area contributed by atoms with Gasteiger partial charge in [0.05, 0.1) is 11.0 Å². The van der Waals surface area contributed by atoms with Gasteiger partial charge in [0, 0.05) is 30.9 Å². The summed E-state index contributed by atoms with van der Waals surface area (Å²) in [6.07, 6.45) is 14.0. The van der Waals surface area contributed by atoms with Gasteiger partial charge in [-0.3, -0.25) is 19.7 Å². The van der Waals surface area contributed by atoms with Gasteiger partial charge in [-0.05, 0) is 61.6 Å². The Hall–Kier alpha value is -3.07. The van der Waals surface area contributed by atoms with E-state index in [2.05, 4.69) is 18.3 Å². The number of carbonyl (C=O) groups excluding carboxylic acids is 3. The van der Waals surface area contributed by atoms with Gasteiger partial charge in [-0.25, -0.2) is 4.79 Å². The van der Waals surface area contributed by atoms with E-state index < -0.39 is 23.0 Å². The summed E-state index contributed by atoms with van der Waals surface area (Å²) >= 11 is 0. The standard InChI is InChI=1S/C33H50N2O7/c1-4-5-8-11-28(36)20-16-26-17-21-31(37)29(26)12-9-6-7-10-13-32(38)34-30(22-24(2)3)33(39)42-23-25-14-18-27(19-15-25)35(40)41/h14-16,18-20,24,26,28-30,36H,4-13,17,21-23H2,1-3H3,(H,34,38)/b20-16+/t26-,28-,29+,30?/m0/s1. The third-order valence-corrected chi connectivity index (χ3v) is 7.86. The summed E-state index contributed by atoms with van der Waals surface area (Å²) in [5.41, 5.74) is 0.595. The first-order valence-electron chi connectivity index (χ1n) is 15.7. The third-order valence-electron chi connectivity index (χ3n) is 7.86. The van der Waals surface area contributed by atoms with Gasteiger partial charge in [-0.1, -0.05) is 71.4 Å². The average Bonchev–Trinajstić information content (AvgIpc) is 3.30. The van der Waals surface area contributed by atoms with E-state index >= 15 is 0 Å². The SMILES string of the molecule is CCCCC[C@H](O)/C=C/[C@H]1CCC(=O)[C@@H]1CCCCCCC(=O)NC(CC(C)C)C(=O)OCc1ccc([N+](=O)[O-])cc1. The second kappa shape index (κ2) is 19.2. The number of hydrogen-bond donors (Lipinski definition) is 2. The number of aliphatic hydroxyl groups is 1. The number of esters is 1. The maximum atomic E-state index is 12.7. The highest BCUT2D eigenvalue weighted by molar-refractivity contribution is 5.84. The van der Waals surface area contributed by atoms with Crippen LogP contribution >= 0.6 is 0 Å². The fraction of sp³-hybridized carbons (Fsp3) is 0.667. The molecule has 1 saturated carbocycles. The van der Waals surface area contributed by atoms with Crippen LogP contribution in [0.3, 0.4) is 0 Å². The molecular weight excluding hydrogens is 536 g/mol. The number of ether oxygens (including phenoxy) is 1. The molecule has 0 aromatic heterocycles. The first-order chi connectivity index (χ1) is 20.1. The average molecular weight is 587 g/mol. The second-order valence-electron chi connectivity index (χ2n) is 12.0. The van der Waals surface area contributed by atoms with Gasteiger partial charge in [0.2, 0.25) is 5.91 Å². The van der Waals surface area contributed by atoms with Crippen LogP contribution in [0.4, 0.5) is 5.69 Å². The summed E-state index contributed by atoms with van der Waals surface area (Å²) in [7, 11) is 0. The van der Waals surface area contributed by atoms with E-state index in [1.807, 2.05) is 19.9 Å². The smallest absolute Gasteiger partial charge is 0.328 e. The molecule has 1 unspecified atom stereocenters. The van der Waals surface area contributed by atoms with E-state index in [0.29, 0.717) is 37.0 Å². The van der Waals surface area contributed by atoms with Crippen LogP contribution in [0.2, 0.25) is 0 Å². The van der Waals surface area contributed by atoms with Crippen molar-refractivity contribution in [3.63, 3.8) is 0 Å². The quantitative estimate of drug-likeness (QED) is 0.0577. The lowest BCUT2D eigenvalue weighted by molar-refractivity contribution is -0.384. The molecule has 1 aromatic rings. The number of ketones is 1. The van der Waals surface area contributed by atoms with Crippen molar-refractivity contribution in [2.75, 3.05) is 0 Å². The van der Waals surface area contributed by atoms with Gasteiger partial charge in [0.1, 0.15) is 18.4 Å². The maximum Gasteiger partial charge on any atom is 0.328 e. The van der Waals surface area contributed by atoms with Gasteiger partial charge >= 0.3 is 5.97 Å². The first-order valence-corrected chi connectivity index (χ1v) is 15.7. The molecule has 0 spiro atoms. The molecule has 4 atom stereocenters. The number of nitro groups is 1. The lowest BCUT2D eigenvalue weighted by Crippen LogP contribution is -2.42. The number of carbonyl (C=O) groups is 3. The maximum absolute atomic E-state index is 12.7. The molecule has 0 radical (unpaired) electrons. The first kappa shape index (κ1) is 35.1. The monoisotopic (exact) mass is 586 g/mol. The second-order valence-corrected chi connectivity index (χ2v) is 12.0. The number of unbranched alkanes of at least 4 members (excludes halogenated alkanes) is 5.